The van der Waals surface area contributed by atoms with Gasteiger partial charge in [-0.3, -0.25) is 4.40 Å². The van der Waals surface area contributed by atoms with Gasteiger partial charge in [-0.15, -0.1) is 5.10 Å². The molecule has 0 N–H and O–H groups in total. The fraction of sp³-hybridized carbons (Fsp3) is 0.500. The molecular formula is C12H17N3OS. The van der Waals surface area contributed by atoms with E-state index in [9.17, 15) is 4.79 Å². The highest BCUT2D eigenvalue weighted by Gasteiger charge is 2.11. The fourth-order valence-corrected chi connectivity index (χ4v) is 2.28. The van der Waals surface area contributed by atoms with Crippen molar-refractivity contribution in [2.75, 3.05) is 5.75 Å². The lowest BCUT2D eigenvalue weighted by atomic mass is 10.1. The molecule has 2 aromatic heterocycles. The van der Waals surface area contributed by atoms with E-state index in [2.05, 4.69) is 24.7 Å². The van der Waals surface area contributed by atoms with E-state index in [1.807, 2.05) is 18.2 Å². The topological polar surface area (TPSA) is 39.3 Å². The molecule has 92 valence electrons. The number of hydrogen-bond acceptors (Lipinski definition) is 3. The van der Waals surface area contributed by atoms with Crippen LogP contribution in [0.1, 0.15) is 19.8 Å². The molecule has 0 saturated carbocycles. The standard InChI is InChI=1S/C12H17N3OS/c1-2-5-10(9-17)8-15-12(16)14-7-4-3-6-11(14)13-15/h3-4,6-7,10,17H,2,5,8-9H2,1H3. The van der Waals surface area contributed by atoms with Crippen molar-refractivity contribution in [1.29, 1.82) is 0 Å². The lowest BCUT2D eigenvalue weighted by molar-refractivity contribution is 0.419. The normalized spacial score (nSPS) is 13.1. The van der Waals surface area contributed by atoms with Crippen LogP contribution in [0.3, 0.4) is 0 Å². The molecule has 2 heterocycles. The zero-order chi connectivity index (χ0) is 12.3. The largest absolute Gasteiger partial charge is 0.350 e. The second-order valence-corrected chi connectivity index (χ2v) is 4.60. The van der Waals surface area contributed by atoms with Crippen LogP contribution in [-0.4, -0.2) is 19.9 Å². The molecule has 0 spiro atoms. The molecule has 0 aliphatic rings. The third-order valence-electron chi connectivity index (χ3n) is 2.87. The summed E-state index contributed by atoms with van der Waals surface area (Å²) in [6, 6.07) is 5.56. The third kappa shape index (κ3) is 2.54. The first kappa shape index (κ1) is 12.2. The molecule has 4 nitrogen and oxygen atoms in total. The van der Waals surface area contributed by atoms with Crippen LogP contribution >= 0.6 is 12.6 Å². The molecule has 5 heteroatoms. The summed E-state index contributed by atoms with van der Waals surface area (Å²) in [5.41, 5.74) is 0.635. The summed E-state index contributed by atoms with van der Waals surface area (Å²) >= 11 is 4.33. The Morgan fingerprint density at radius 1 is 1.47 bits per heavy atom. The molecule has 0 aliphatic heterocycles. The molecule has 0 fully saturated rings. The molecule has 0 aliphatic carbocycles. The van der Waals surface area contributed by atoms with Crippen molar-refractivity contribution in [2.45, 2.75) is 26.3 Å². The first-order valence-corrected chi connectivity index (χ1v) is 6.54. The van der Waals surface area contributed by atoms with Crippen molar-refractivity contribution in [3.63, 3.8) is 0 Å². The lowest BCUT2D eigenvalue weighted by Crippen LogP contribution is -2.25. The minimum absolute atomic E-state index is 0.0662. The summed E-state index contributed by atoms with van der Waals surface area (Å²) in [6.45, 7) is 2.79. The number of aromatic nitrogens is 3. The highest BCUT2D eigenvalue weighted by Crippen LogP contribution is 2.10. The summed E-state index contributed by atoms with van der Waals surface area (Å²) < 4.78 is 3.12. The maximum atomic E-state index is 12.0. The van der Waals surface area contributed by atoms with Crippen LogP contribution in [0.15, 0.2) is 29.2 Å². The molecule has 1 atom stereocenters. The molecule has 2 rings (SSSR count). The maximum absolute atomic E-state index is 12.0. The highest BCUT2D eigenvalue weighted by atomic mass is 32.1. The summed E-state index contributed by atoms with van der Waals surface area (Å²) in [7, 11) is 0. The van der Waals surface area contributed by atoms with Gasteiger partial charge in [0.15, 0.2) is 5.65 Å². The number of rotatable bonds is 5. The van der Waals surface area contributed by atoms with Crippen molar-refractivity contribution in [2.24, 2.45) is 5.92 Å². The molecule has 0 saturated heterocycles. The minimum Gasteiger partial charge on any atom is -0.250 e. The van der Waals surface area contributed by atoms with E-state index in [-0.39, 0.29) is 5.69 Å². The number of fused-ring (bicyclic) bond motifs is 1. The van der Waals surface area contributed by atoms with Crippen molar-refractivity contribution in [3.8, 4) is 0 Å². The smallest absolute Gasteiger partial charge is 0.250 e. The van der Waals surface area contributed by atoms with E-state index in [0.717, 1.165) is 18.6 Å². The Balaban J connectivity index is 2.29. The van der Waals surface area contributed by atoms with Crippen LogP contribution in [0, 0.1) is 5.92 Å². The summed E-state index contributed by atoms with van der Waals surface area (Å²) in [5.74, 6) is 1.19. The van der Waals surface area contributed by atoms with E-state index in [1.54, 1.807) is 15.3 Å². The molecule has 1 unspecified atom stereocenters. The Bertz CT molecular complexity index is 546. The third-order valence-corrected chi connectivity index (χ3v) is 3.39. The van der Waals surface area contributed by atoms with Gasteiger partial charge in [0.25, 0.3) is 0 Å². The van der Waals surface area contributed by atoms with Crippen molar-refractivity contribution in [3.05, 3.63) is 34.9 Å². The Labute approximate surface area is 106 Å². The Morgan fingerprint density at radius 3 is 2.94 bits per heavy atom. The molecule has 0 bridgehead atoms. The van der Waals surface area contributed by atoms with Gasteiger partial charge in [-0.2, -0.15) is 12.6 Å². The zero-order valence-corrected chi connectivity index (χ0v) is 10.8. The van der Waals surface area contributed by atoms with E-state index in [0.29, 0.717) is 18.1 Å². The summed E-state index contributed by atoms with van der Waals surface area (Å²) in [5, 5.41) is 4.32. The van der Waals surface area contributed by atoms with E-state index in [1.165, 1.54) is 0 Å². The number of nitrogens with zero attached hydrogens (tertiary/aromatic N) is 3. The van der Waals surface area contributed by atoms with Crippen molar-refractivity contribution < 1.29 is 0 Å². The van der Waals surface area contributed by atoms with Crippen LogP contribution in [0.4, 0.5) is 0 Å². The van der Waals surface area contributed by atoms with E-state index < -0.39 is 0 Å². The Kier molecular flexibility index (Phi) is 3.89. The predicted octanol–water partition coefficient (Wildman–Crippen LogP) is 1.84. The monoisotopic (exact) mass is 251 g/mol. The van der Waals surface area contributed by atoms with Gasteiger partial charge in [0, 0.05) is 6.20 Å². The maximum Gasteiger partial charge on any atom is 0.350 e. The van der Waals surface area contributed by atoms with Crippen LogP contribution in [-0.2, 0) is 6.54 Å². The van der Waals surface area contributed by atoms with Gasteiger partial charge in [0.1, 0.15) is 0 Å². The average molecular weight is 251 g/mol. The molecular weight excluding hydrogens is 234 g/mol. The van der Waals surface area contributed by atoms with Crippen LogP contribution in [0.5, 0.6) is 0 Å². The van der Waals surface area contributed by atoms with Gasteiger partial charge < -0.3 is 0 Å². The van der Waals surface area contributed by atoms with Crippen LogP contribution in [0.2, 0.25) is 0 Å². The van der Waals surface area contributed by atoms with Gasteiger partial charge in [0.2, 0.25) is 0 Å². The minimum atomic E-state index is -0.0662. The average Bonchev–Trinajstić information content (AvgIpc) is 2.66. The quantitative estimate of drug-likeness (QED) is 0.824. The first-order chi connectivity index (χ1) is 8.26. The van der Waals surface area contributed by atoms with Crippen molar-refractivity contribution in [1.82, 2.24) is 14.2 Å². The highest BCUT2D eigenvalue weighted by molar-refractivity contribution is 7.80. The van der Waals surface area contributed by atoms with E-state index in [4.69, 9.17) is 0 Å². The zero-order valence-electron chi connectivity index (χ0n) is 9.91. The number of hydrogen-bond donors (Lipinski definition) is 1. The second-order valence-electron chi connectivity index (χ2n) is 4.23. The van der Waals surface area contributed by atoms with E-state index >= 15 is 0 Å². The number of pyridine rings is 1. The van der Waals surface area contributed by atoms with Gasteiger partial charge >= 0.3 is 5.69 Å². The molecule has 0 amide bonds. The summed E-state index contributed by atoms with van der Waals surface area (Å²) in [4.78, 5) is 12.0. The molecule has 2 aromatic rings. The summed E-state index contributed by atoms with van der Waals surface area (Å²) in [6.07, 6.45) is 3.92. The molecule has 0 aromatic carbocycles. The number of thiol groups is 1. The fourth-order valence-electron chi connectivity index (χ4n) is 1.98. The lowest BCUT2D eigenvalue weighted by Gasteiger charge is -2.11. The molecule has 17 heavy (non-hydrogen) atoms. The Morgan fingerprint density at radius 2 is 2.29 bits per heavy atom. The Hall–Kier alpha value is -1.23. The van der Waals surface area contributed by atoms with Gasteiger partial charge in [-0.05, 0) is 30.2 Å². The van der Waals surface area contributed by atoms with Gasteiger partial charge in [-0.1, -0.05) is 19.4 Å². The van der Waals surface area contributed by atoms with Crippen molar-refractivity contribution >= 4 is 18.3 Å². The predicted molar refractivity (Wildman–Crippen MR) is 71.7 cm³/mol. The first-order valence-electron chi connectivity index (χ1n) is 5.91. The van der Waals surface area contributed by atoms with Crippen LogP contribution < -0.4 is 5.69 Å². The van der Waals surface area contributed by atoms with Gasteiger partial charge in [-0.25, -0.2) is 9.48 Å². The van der Waals surface area contributed by atoms with Crippen LogP contribution in [0.25, 0.3) is 5.65 Å². The van der Waals surface area contributed by atoms with Gasteiger partial charge in [0.05, 0.1) is 6.54 Å². The second kappa shape index (κ2) is 5.40. The SMILES string of the molecule is CCCC(CS)Cn1nc2ccccn2c1=O. The molecule has 0 radical (unpaired) electrons.